The molecule has 2 aliphatic rings. The Morgan fingerprint density at radius 1 is 1.04 bits per heavy atom. The van der Waals surface area contributed by atoms with Crippen LogP contribution in [0.2, 0.25) is 0 Å². The second-order valence-corrected chi connectivity index (χ2v) is 8.19. The van der Waals surface area contributed by atoms with Gasteiger partial charge in [-0.2, -0.15) is 4.31 Å². The summed E-state index contributed by atoms with van der Waals surface area (Å²) in [5.41, 5.74) is 0. The molecule has 0 radical (unpaired) electrons. The predicted octanol–water partition coefficient (Wildman–Crippen LogP) is -0.278. The van der Waals surface area contributed by atoms with Crippen molar-refractivity contribution in [1.29, 1.82) is 0 Å². The van der Waals surface area contributed by atoms with E-state index in [4.69, 9.17) is 0 Å². The van der Waals surface area contributed by atoms with Gasteiger partial charge in [0.05, 0.1) is 12.8 Å². The molecule has 0 aromatic heterocycles. The number of carbonyl (C=O) groups is 2. The number of sulfonamides is 1. The lowest BCUT2D eigenvalue weighted by Crippen LogP contribution is -2.53. The average Bonchev–Trinajstić information content (AvgIpc) is 2.53. The molecule has 0 atom stereocenters. The smallest absolute Gasteiger partial charge is 0.315 e. The third-order valence-electron chi connectivity index (χ3n) is 4.40. The van der Waals surface area contributed by atoms with Crippen molar-refractivity contribution in [3.05, 3.63) is 0 Å². The Morgan fingerprint density at radius 2 is 1.65 bits per heavy atom. The van der Waals surface area contributed by atoms with Gasteiger partial charge in [0.25, 0.3) is 0 Å². The number of nitrogens with one attached hydrogen (secondary N) is 2. The minimum Gasteiger partial charge on any atom is -0.339 e. The molecule has 1 saturated carbocycles. The second-order valence-electron chi connectivity index (χ2n) is 6.20. The van der Waals surface area contributed by atoms with Crippen LogP contribution in [-0.4, -0.2) is 74.6 Å². The number of nitrogens with zero attached hydrogens (tertiary/aromatic N) is 2. The van der Waals surface area contributed by atoms with Gasteiger partial charge >= 0.3 is 6.03 Å². The van der Waals surface area contributed by atoms with Crippen LogP contribution in [0.15, 0.2) is 0 Å². The molecule has 0 aromatic carbocycles. The molecule has 132 valence electrons. The van der Waals surface area contributed by atoms with Crippen LogP contribution in [0.4, 0.5) is 4.79 Å². The Kier molecular flexibility index (Phi) is 6.23. The average molecular weight is 346 g/mol. The highest BCUT2D eigenvalue weighted by Crippen LogP contribution is 2.17. The van der Waals surface area contributed by atoms with Crippen LogP contribution in [-0.2, 0) is 14.8 Å². The molecule has 1 aliphatic heterocycles. The molecular weight excluding hydrogens is 320 g/mol. The van der Waals surface area contributed by atoms with Crippen molar-refractivity contribution < 1.29 is 18.0 Å². The summed E-state index contributed by atoms with van der Waals surface area (Å²) in [7, 11) is -3.20. The van der Waals surface area contributed by atoms with E-state index in [1.54, 1.807) is 4.90 Å². The summed E-state index contributed by atoms with van der Waals surface area (Å²) in [6.45, 7) is 1.27. The van der Waals surface area contributed by atoms with E-state index in [9.17, 15) is 18.0 Å². The Balaban J connectivity index is 1.68. The lowest BCUT2D eigenvalue weighted by atomic mass is 9.96. The Hall–Kier alpha value is -1.35. The van der Waals surface area contributed by atoms with Crippen LogP contribution in [0.3, 0.4) is 0 Å². The van der Waals surface area contributed by atoms with Crippen LogP contribution in [0.25, 0.3) is 0 Å². The van der Waals surface area contributed by atoms with Crippen molar-refractivity contribution in [1.82, 2.24) is 19.8 Å². The third-order valence-corrected chi connectivity index (χ3v) is 5.70. The number of urea groups is 1. The molecule has 2 rings (SSSR count). The maximum Gasteiger partial charge on any atom is 0.315 e. The van der Waals surface area contributed by atoms with Gasteiger partial charge in [0, 0.05) is 32.2 Å². The van der Waals surface area contributed by atoms with Gasteiger partial charge < -0.3 is 15.5 Å². The highest BCUT2D eigenvalue weighted by Gasteiger charge is 2.26. The number of hydrogen-bond acceptors (Lipinski definition) is 4. The lowest BCUT2D eigenvalue weighted by molar-refractivity contribution is -0.131. The first-order valence-corrected chi connectivity index (χ1v) is 9.98. The molecule has 3 amide bonds. The molecule has 9 heteroatoms. The van der Waals surface area contributed by atoms with Crippen LogP contribution in [0.1, 0.15) is 32.1 Å². The van der Waals surface area contributed by atoms with E-state index in [1.807, 2.05) is 0 Å². The first-order chi connectivity index (χ1) is 10.9. The number of carbonyl (C=O) groups excluding carboxylic acids is 2. The van der Waals surface area contributed by atoms with Crippen molar-refractivity contribution in [2.45, 2.75) is 38.1 Å². The zero-order valence-electron chi connectivity index (χ0n) is 13.6. The molecular formula is C14H26N4O4S. The number of piperazine rings is 1. The van der Waals surface area contributed by atoms with E-state index < -0.39 is 10.0 Å². The van der Waals surface area contributed by atoms with E-state index in [2.05, 4.69) is 10.6 Å². The summed E-state index contributed by atoms with van der Waals surface area (Å²) in [5, 5.41) is 5.49. The van der Waals surface area contributed by atoms with Crippen molar-refractivity contribution in [2.24, 2.45) is 0 Å². The van der Waals surface area contributed by atoms with E-state index in [0.29, 0.717) is 26.2 Å². The predicted molar refractivity (Wildman–Crippen MR) is 86.4 cm³/mol. The summed E-state index contributed by atoms with van der Waals surface area (Å²) in [6, 6.07) is -0.0998. The minimum atomic E-state index is -3.20. The van der Waals surface area contributed by atoms with Crippen molar-refractivity contribution >= 4 is 22.0 Å². The molecule has 0 bridgehead atoms. The number of amides is 3. The second kappa shape index (κ2) is 7.96. The molecule has 0 unspecified atom stereocenters. The molecule has 2 N–H and O–H groups in total. The molecule has 2 fully saturated rings. The van der Waals surface area contributed by atoms with Gasteiger partial charge in [-0.3, -0.25) is 4.79 Å². The number of rotatable bonds is 4. The van der Waals surface area contributed by atoms with Gasteiger partial charge in [0.1, 0.15) is 0 Å². The fourth-order valence-corrected chi connectivity index (χ4v) is 3.85. The minimum absolute atomic E-state index is 0.0581. The molecule has 8 nitrogen and oxygen atoms in total. The highest BCUT2D eigenvalue weighted by molar-refractivity contribution is 7.88. The summed E-state index contributed by atoms with van der Waals surface area (Å²) < 4.78 is 24.2. The Labute approximate surface area is 137 Å². The standard InChI is InChI=1S/C14H26N4O4S/c1-23(21,22)18-9-7-17(8-10-18)13(19)11-15-14(20)16-12-5-3-2-4-6-12/h12H,2-11H2,1H3,(H2,15,16,20). The monoisotopic (exact) mass is 346 g/mol. The van der Waals surface area contributed by atoms with Gasteiger partial charge in [-0.15, -0.1) is 0 Å². The van der Waals surface area contributed by atoms with E-state index in [1.165, 1.54) is 17.0 Å². The van der Waals surface area contributed by atoms with Gasteiger partial charge in [-0.25, -0.2) is 13.2 Å². The summed E-state index contributed by atoms with van der Waals surface area (Å²) in [5.74, 6) is -0.183. The number of hydrogen-bond donors (Lipinski definition) is 2. The first-order valence-electron chi connectivity index (χ1n) is 8.13. The SMILES string of the molecule is CS(=O)(=O)N1CCN(C(=O)CNC(=O)NC2CCCCC2)CC1. The first kappa shape index (κ1) is 18.0. The maximum absolute atomic E-state index is 12.1. The van der Waals surface area contributed by atoms with Gasteiger partial charge in [-0.1, -0.05) is 19.3 Å². The van der Waals surface area contributed by atoms with Crippen LogP contribution in [0.5, 0.6) is 0 Å². The van der Waals surface area contributed by atoms with Crippen molar-refractivity contribution in [2.75, 3.05) is 39.0 Å². The summed E-state index contributed by atoms with van der Waals surface area (Å²) in [6.07, 6.45) is 6.64. The molecule has 1 heterocycles. The summed E-state index contributed by atoms with van der Waals surface area (Å²) in [4.78, 5) is 25.5. The third kappa shape index (κ3) is 5.65. The van der Waals surface area contributed by atoms with Crippen LogP contribution < -0.4 is 10.6 Å². The molecule has 1 saturated heterocycles. The largest absolute Gasteiger partial charge is 0.339 e. The molecule has 0 spiro atoms. The topological polar surface area (TPSA) is 98.8 Å². The van der Waals surface area contributed by atoms with E-state index >= 15 is 0 Å². The zero-order chi connectivity index (χ0) is 16.9. The fourth-order valence-electron chi connectivity index (χ4n) is 3.02. The van der Waals surface area contributed by atoms with Gasteiger partial charge in [0.2, 0.25) is 15.9 Å². The maximum atomic E-state index is 12.1. The van der Waals surface area contributed by atoms with E-state index in [0.717, 1.165) is 25.7 Å². The Morgan fingerprint density at radius 3 is 2.22 bits per heavy atom. The fraction of sp³-hybridized carbons (Fsp3) is 0.857. The Bertz CT molecular complexity index is 523. The van der Waals surface area contributed by atoms with Crippen LogP contribution >= 0.6 is 0 Å². The summed E-state index contributed by atoms with van der Waals surface area (Å²) >= 11 is 0. The van der Waals surface area contributed by atoms with Crippen molar-refractivity contribution in [3.63, 3.8) is 0 Å². The highest BCUT2D eigenvalue weighted by atomic mass is 32.2. The van der Waals surface area contributed by atoms with Crippen LogP contribution in [0, 0.1) is 0 Å². The quantitative estimate of drug-likeness (QED) is 0.731. The normalized spacial score (nSPS) is 21.0. The van der Waals surface area contributed by atoms with Gasteiger partial charge in [-0.05, 0) is 12.8 Å². The zero-order valence-corrected chi connectivity index (χ0v) is 14.4. The lowest BCUT2D eigenvalue weighted by Gasteiger charge is -2.33. The molecule has 1 aliphatic carbocycles. The van der Waals surface area contributed by atoms with E-state index in [-0.39, 0.29) is 24.5 Å². The van der Waals surface area contributed by atoms with Crippen molar-refractivity contribution in [3.8, 4) is 0 Å². The molecule has 0 aromatic rings. The van der Waals surface area contributed by atoms with Gasteiger partial charge in [0.15, 0.2) is 0 Å². The molecule has 23 heavy (non-hydrogen) atoms.